The van der Waals surface area contributed by atoms with Gasteiger partial charge in [0.15, 0.2) is 0 Å². The average Bonchev–Trinajstić information content (AvgIpc) is 2.30. The van der Waals surface area contributed by atoms with Crippen LogP contribution in [0.25, 0.3) is 0 Å². The monoisotopic (exact) mass is 173 g/mol. The molecule has 0 spiro atoms. The van der Waals surface area contributed by atoms with Gasteiger partial charge in [-0.25, -0.2) is 4.79 Å². The molecule has 1 fully saturated rings. The summed E-state index contributed by atoms with van der Waals surface area (Å²) in [5, 5.41) is 2.65. The Labute approximate surface area is 72.2 Å². The standard InChI is InChI=1S/C8H15NO3/c1-6-4-5-8(2,12-6)9-7(10)11-3/h6H,4-5H2,1-3H3,(H,9,10)/t6-,8+/m0/s1. The van der Waals surface area contributed by atoms with Crippen LogP contribution in [-0.4, -0.2) is 25.0 Å². The van der Waals surface area contributed by atoms with Crippen molar-refractivity contribution in [2.24, 2.45) is 0 Å². The van der Waals surface area contributed by atoms with Gasteiger partial charge in [0, 0.05) is 0 Å². The van der Waals surface area contributed by atoms with Gasteiger partial charge >= 0.3 is 6.09 Å². The van der Waals surface area contributed by atoms with Crippen LogP contribution in [0.5, 0.6) is 0 Å². The fraction of sp³-hybridized carbons (Fsp3) is 0.875. The van der Waals surface area contributed by atoms with Crippen LogP contribution in [0.3, 0.4) is 0 Å². The molecule has 4 nitrogen and oxygen atoms in total. The van der Waals surface area contributed by atoms with E-state index in [2.05, 4.69) is 10.1 Å². The Morgan fingerprint density at radius 2 is 2.42 bits per heavy atom. The summed E-state index contributed by atoms with van der Waals surface area (Å²) in [5.41, 5.74) is -0.535. The molecule has 0 bridgehead atoms. The minimum Gasteiger partial charge on any atom is -0.453 e. The van der Waals surface area contributed by atoms with Crippen LogP contribution in [-0.2, 0) is 9.47 Å². The van der Waals surface area contributed by atoms with Crippen molar-refractivity contribution in [3.8, 4) is 0 Å². The molecule has 4 heteroatoms. The maximum atomic E-state index is 10.9. The van der Waals surface area contributed by atoms with Gasteiger partial charge < -0.3 is 9.47 Å². The minimum absolute atomic E-state index is 0.215. The zero-order chi connectivity index (χ0) is 9.19. The van der Waals surface area contributed by atoms with Gasteiger partial charge in [0.25, 0.3) is 0 Å². The van der Waals surface area contributed by atoms with Gasteiger partial charge in [-0.15, -0.1) is 0 Å². The summed E-state index contributed by atoms with van der Waals surface area (Å²) < 4.78 is 9.99. The molecule has 0 aliphatic carbocycles. The lowest BCUT2D eigenvalue weighted by Gasteiger charge is -2.24. The molecule has 70 valence electrons. The van der Waals surface area contributed by atoms with Crippen LogP contribution in [0.2, 0.25) is 0 Å². The number of nitrogens with one attached hydrogen (secondary N) is 1. The first-order chi connectivity index (χ1) is 5.56. The molecule has 0 unspecified atom stereocenters. The van der Waals surface area contributed by atoms with Crippen molar-refractivity contribution < 1.29 is 14.3 Å². The molecule has 1 rings (SSSR count). The van der Waals surface area contributed by atoms with Crippen LogP contribution in [0.1, 0.15) is 26.7 Å². The van der Waals surface area contributed by atoms with Gasteiger partial charge in [0.2, 0.25) is 0 Å². The third kappa shape index (κ3) is 2.11. The number of methoxy groups -OCH3 is 1. The van der Waals surface area contributed by atoms with Crippen LogP contribution in [0.4, 0.5) is 4.79 Å². The molecule has 0 radical (unpaired) electrons. The molecule has 0 aromatic heterocycles. The van der Waals surface area contributed by atoms with Crippen molar-refractivity contribution in [1.29, 1.82) is 0 Å². The second kappa shape index (κ2) is 3.31. The first-order valence-electron chi connectivity index (χ1n) is 4.10. The Morgan fingerprint density at radius 3 is 2.83 bits per heavy atom. The minimum atomic E-state index is -0.535. The molecular formula is C8H15NO3. The zero-order valence-electron chi connectivity index (χ0n) is 7.72. The number of amides is 1. The van der Waals surface area contributed by atoms with Crippen molar-refractivity contribution in [3.63, 3.8) is 0 Å². The van der Waals surface area contributed by atoms with Gasteiger partial charge in [-0.2, -0.15) is 0 Å². The topological polar surface area (TPSA) is 47.6 Å². The maximum absolute atomic E-state index is 10.9. The Balaban J connectivity index is 2.45. The van der Waals surface area contributed by atoms with E-state index >= 15 is 0 Å². The number of carbonyl (C=O) groups is 1. The molecule has 1 aliphatic heterocycles. The van der Waals surface area contributed by atoms with Gasteiger partial charge in [-0.3, -0.25) is 5.32 Å². The van der Waals surface area contributed by atoms with Crippen LogP contribution < -0.4 is 5.32 Å². The SMILES string of the molecule is COC(=O)N[C@@]1(C)CC[C@H](C)O1. The highest BCUT2D eigenvalue weighted by molar-refractivity contribution is 5.67. The second-order valence-corrected chi connectivity index (χ2v) is 3.31. The first kappa shape index (κ1) is 9.32. The quantitative estimate of drug-likeness (QED) is 0.649. The highest BCUT2D eigenvalue weighted by Crippen LogP contribution is 2.27. The molecule has 2 atom stereocenters. The second-order valence-electron chi connectivity index (χ2n) is 3.31. The highest BCUT2D eigenvalue weighted by Gasteiger charge is 2.35. The first-order valence-corrected chi connectivity index (χ1v) is 4.10. The van der Waals surface area contributed by atoms with Gasteiger partial charge in [0.05, 0.1) is 13.2 Å². The molecule has 1 heterocycles. The maximum Gasteiger partial charge on any atom is 0.409 e. The number of hydrogen-bond acceptors (Lipinski definition) is 3. The Kier molecular flexibility index (Phi) is 2.57. The van der Waals surface area contributed by atoms with Crippen LogP contribution in [0.15, 0.2) is 0 Å². The fourth-order valence-electron chi connectivity index (χ4n) is 1.40. The molecule has 1 aliphatic rings. The number of alkyl carbamates (subject to hydrolysis) is 1. The van der Waals surface area contributed by atoms with Crippen molar-refractivity contribution in [2.75, 3.05) is 7.11 Å². The average molecular weight is 173 g/mol. The fourth-order valence-corrected chi connectivity index (χ4v) is 1.40. The van der Waals surface area contributed by atoms with Gasteiger partial charge in [-0.05, 0) is 26.7 Å². The summed E-state index contributed by atoms with van der Waals surface area (Å²) in [5.74, 6) is 0. The van der Waals surface area contributed by atoms with Crippen LogP contribution >= 0.6 is 0 Å². The Hall–Kier alpha value is -0.770. The summed E-state index contributed by atoms with van der Waals surface area (Å²) in [6, 6.07) is 0. The van der Waals surface area contributed by atoms with E-state index in [0.29, 0.717) is 0 Å². The molecule has 0 aromatic carbocycles. The molecule has 0 aromatic rings. The number of hydrogen-bond donors (Lipinski definition) is 1. The van der Waals surface area contributed by atoms with Crippen molar-refractivity contribution in [2.45, 2.75) is 38.5 Å². The largest absolute Gasteiger partial charge is 0.453 e. The summed E-state index contributed by atoms with van der Waals surface area (Å²) in [4.78, 5) is 10.9. The van der Waals surface area contributed by atoms with Gasteiger partial charge in [0.1, 0.15) is 5.72 Å². The lowest BCUT2D eigenvalue weighted by Crippen LogP contribution is -2.45. The van der Waals surface area contributed by atoms with E-state index < -0.39 is 11.8 Å². The number of rotatable bonds is 1. The van der Waals surface area contributed by atoms with Gasteiger partial charge in [-0.1, -0.05) is 0 Å². The van der Waals surface area contributed by atoms with Crippen molar-refractivity contribution in [1.82, 2.24) is 5.32 Å². The molecular weight excluding hydrogens is 158 g/mol. The number of carbonyl (C=O) groups excluding carboxylic acids is 1. The summed E-state index contributed by atoms with van der Waals surface area (Å²) >= 11 is 0. The predicted octanol–water partition coefficient (Wildman–Crippen LogP) is 1.26. The summed E-state index contributed by atoms with van der Waals surface area (Å²) in [6.45, 7) is 3.84. The lowest BCUT2D eigenvalue weighted by atomic mass is 10.1. The summed E-state index contributed by atoms with van der Waals surface area (Å²) in [6.07, 6.45) is 1.59. The number of ether oxygens (including phenoxy) is 2. The lowest BCUT2D eigenvalue weighted by molar-refractivity contribution is -0.0408. The Bertz CT molecular complexity index is 183. The van der Waals surface area contributed by atoms with Crippen molar-refractivity contribution in [3.05, 3.63) is 0 Å². The van der Waals surface area contributed by atoms with Crippen LogP contribution in [0, 0.1) is 0 Å². The smallest absolute Gasteiger partial charge is 0.409 e. The van der Waals surface area contributed by atoms with E-state index in [9.17, 15) is 4.79 Å². The predicted molar refractivity (Wildman–Crippen MR) is 43.7 cm³/mol. The molecule has 1 saturated heterocycles. The third-order valence-corrected chi connectivity index (χ3v) is 2.04. The van der Waals surface area contributed by atoms with E-state index in [1.807, 2.05) is 13.8 Å². The van der Waals surface area contributed by atoms with E-state index in [1.165, 1.54) is 7.11 Å². The molecule has 12 heavy (non-hydrogen) atoms. The van der Waals surface area contributed by atoms with E-state index in [4.69, 9.17) is 4.74 Å². The highest BCUT2D eigenvalue weighted by atomic mass is 16.6. The molecule has 0 saturated carbocycles. The van der Waals surface area contributed by atoms with E-state index in [-0.39, 0.29) is 6.10 Å². The zero-order valence-corrected chi connectivity index (χ0v) is 7.72. The summed E-state index contributed by atoms with van der Waals surface area (Å²) in [7, 11) is 1.34. The van der Waals surface area contributed by atoms with E-state index in [1.54, 1.807) is 0 Å². The Morgan fingerprint density at radius 1 is 1.75 bits per heavy atom. The third-order valence-electron chi connectivity index (χ3n) is 2.04. The molecule has 1 amide bonds. The van der Waals surface area contributed by atoms with Crippen molar-refractivity contribution >= 4 is 6.09 Å². The normalized spacial score (nSPS) is 34.8. The molecule has 1 N–H and O–H groups in total. The van der Waals surface area contributed by atoms with E-state index in [0.717, 1.165) is 12.8 Å².